The molecule has 0 bridgehead atoms. The van der Waals surface area contributed by atoms with Crippen LogP contribution in [0.1, 0.15) is 38.7 Å². The summed E-state index contributed by atoms with van der Waals surface area (Å²) < 4.78 is 31.4. The first-order chi connectivity index (χ1) is 13.3. The minimum absolute atomic E-state index is 0.0154. The van der Waals surface area contributed by atoms with Crippen LogP contribution in [0.15, 0.2) is 28.2 Å². The summed E-state index contributed by atoms with van der Waals surface area (Å²) in [5.74, 6) is -1.12. The highest BCUT2D eigenvalue weighted by atomic mass is 32.2. The van der Waals surface area contributed by atoms with Crippen molar-refractivity contribution in [1.82, 2.24) is 4.90 Å². The molecule has 0 aliphatic carbocycles. The van der Waals surface area contributed by atoms with Crippen molar-refractivity contribution >= 4 is 32.4 Å². The molecule has 1 atom stereocenters. The van der Waals surface area contributed by atoms with Gasteiger partial charge in [0.25, 0.3) is 5.91 Å². The lowest BCUT2D eigenvalue weighted by molar-refractivity contribution is -0.144. The first-order valence-electron chi connectivity index (χ1n) is 9.50. The van der Waals surface area contributed by atoms with Gasteiger partial charge >= 0.3 is 5.97 Å². The molecule has 1 fully saturated rings. The van der Waals surface area contributed by atoms with Crippen LogP contribution < -0.4 is 5.01 Å². The van der Waals surface area contributed by atoms with Gasteiger partial charge in [0.05, 0.1) is 17.2 Å². The Morgan fingerprint density at radius 3 is 2.50 bits per heavy atom. The van der Waals surface area contributed by atoms with Crippen molar-refractivity contribution in [2.75, 3.05) is 24.7 Å². The molecule has 0 radical (unpaired) electrons. The van der Waals surface area contributed by atoms with Crippen LogP contribution in [0.5, 0.6) is 0 Å². The molecule has 1 aromatic carbocycles. The van der Waals surface area contributed by atoms with Crippen LogP contribution in [0.4, 0.5) is 5.69 Å². The van der Waals surface area contributed by atoms with Crippen molar-refractivity contribution in [2.24, 2.45) is 5.10 Å². The van der Waals surface area contributed by atoms with Crippen molar-refractivity contribution in [1.29, 1.82) is 0 Å². The van der Waals surface area contributed by atoms with E-state index in [1.165, 1.54) is 16.0 Å². The second kappa shape index (κ2) is 7.90. The summed E-state index contributed by atoms with van der Waals surface area (Å²) in [5.41, 5.74) is 1.11. The van der Waals surface area contributed by atoms with Gasteiger partial charge in [-0.05, 0) is 50.8 Å². The van der Waals surface area contributed by atoms with Gasteiger partial charge in [0, 0.05) is 13.1 Å². The lowest BCUT2D eigenvalue weighted by atomic mass is 10.1. The Balaban J connectivity index is 2.15. The fourth-order valence-corrected chi connectivity index (χ4v) is 4.91. The lowest BCUT2D eigenvalue weighted by Gasteiger charge is -2.32. The van der Waals surface area contributed by atoms with Gasteiger partial charge < -0.3 is 9.64 Å². The maximum Gasteiger partial charge on any atom is 0.330 e. The van der Waals surface area contributed by atoms with E-state index >= 15 is 0 Å². The standard InChI is InChI=1S/C19H25N3O5S/c1-4-14(19(24)27-5-2)22-15-12-13(3)8-9-16(15)28(25,26)17(20-22)18(23)21-10-6-7-11-21/h8-9,12,14H,4-7,10-11H2,1-3H3. The molecule has 1 amide bonds. The van der Waals surface area contributed by atoms with Crippen molar-refractivity contribution in [2.45, 2.75) is 51.0 Å². The Hall–Kier alpha value is -2.42. The second-order valence-corrected chi connectivity index (χ2v) is 8.73. The molecule has 1 saturated heterocycles. The Morgan fingerprint density at radius 1 is 1.21 bits per heavy atom. The van der Waals surface area contributed by atoms with E-state index in [0.717, 1.165) is 18.4 Å². The molecule has 2 aliphatic rings. The number of amides is 1. The van der Waals surface area contributed by atoms with Crippen molar-refractivity contribution in [3.63, 3.8) is 0 Å². The highest BCUT2D eigenvalue weighted by Crippen LogP contribution is 2.35. The minimum Gasteiger partial charge on any atom is -0.464 e. The monoisotopic (exact) mass is 407 g/mol. The van der Waals surface area contributed by atoms with Crippen molar-refractivity contribution in [3.05, 3.63) is 23.8 Å². The molecule has 9 heteroatoms. The Labute approximate surface area is 165 Å². The molecule has 0 saturated carbocycles. The number of esters is 1. The minimum atomic E-state index is -4.08. The molecule has 2 aliphatic heterocycles. The average molecular weight is 407 g/mol. The van der Waals surface area contributed by atoms with Crippen molar-refractivity contribution in [3.8, 4) is 0 Å². The third-order valence-electron chi connectivity index (χ3n) is 4.92. The second-order valence-electron chi connectivity index (χ2n) is 6.90. The van der Waals surface area contributed by atoms with E-state index in [0.29, 0.717) is 19.5 Å². The quantitative estimate of drug-likeness (QED) is 0.692. The van der Waals surface area contributed by atoms with Gasteiger partial charge in [-0.15, -0.1) is 0 Å². The predicted molar refractivity (Wildman–Crippen MR) is 105 cm³/mol. The normalized spacial score (nSPS) is 19.0. The number of anilines is 1. The number of fused-ring (bicyclic) bond motifs is 1. The summed E-state index contributed by atoms with van der Waals surface area (Å²) in [7, 11) is -4.08. The number of rotatable bonds is 5. The first kappa shape index (κ1) is 20.3. The molecule has 0 aromatic heterocycles. The number of carbonyl (C=O) groups excluding carboxylic acids is 2. The molecule has 1 aromatic rings. The van der Waals surface area contributed by atoms with E-state index in [9.17, 15) is 18.0 Å². The zero-order valence-corrected chi connectivity index (χ0v) is 17.2. The van der Waals surface area contributed by atoms with Crippen LogP contribution in [0.2, 0.25) is 0 Å². The average Bonchev–Trinajstić information content (AvgIpc) is 3.18. The smallest absolute Gasteiger partial charge is 0.330 e. The van der Waals surface area contributed by atoms with Crippen LogP contribution in [-0.2, 0) is 24.2 Å². The number of aryl methyl sites for hydroxylation is 1. The van der Waals surface area contributed by atoms with Crippen LogP contribution in [-0.4, -0.2) is 56.0 Å². The van der Waals surface area contributed by atoms with Gasteiger partial charge in [-0.2, -0.15) is 5.10 Å². The highest BCUT2D eigenvalue weighted by molar-refractivity contribution is 8.08. The van der Waals surface area contributed by atoms with Crippen LogP contribution in [0.3, 0.4) is 0 Å². The van der Waals surface area contributed by atoms with Gasteiger partial charge in [0.1, 0.15) is 6.04 Å². The molecule has 28 heavy (non-hydrogen) atoms. The highest BCUT2D eigenvalue weighted by Gasteiger charge is 2.42. The Bertz CT molecular complexity index is 919. The third kappa shape index (κ3) is 3.50. The summed E-state index contributed by atoms with van der Waals surface area (Å²) in [5, 5.41) is 5.01. The molecular weight excluding hydrogens is 382 g/mol. The van der Waals surface area contributed by atoms with E-state index in [1.54, 1.807) is 26.0 Å². The number of likely N-dealkylation sites (tertiary alicyclic amines) is 1. The SMILES string of the molecule is CCOC(=O)C(CC)N1N=C(C(=O)N2CCCC2)S(=O)(=O)c2ccc(C)cc21. The number of hydrogen-bond acceptors (Lipinski definition) is 7. The van der Waals surface area contributed by atoms with Gasteiger partial charge in [0.15, 0.2) is 0 Å². The van der Waals surface area contributed by atoms with Gasteiger partial charge in [-0.25, -0.2) is 18.2 Å². The number of benzene rings is 1. The van der Waals surface area contributed by atoms with E-state index in [4.69, 9.17) is 4.74 Å². The van der Waals surface area contributed by atoms with E-state index in [2.05, 4.69) is 5.10 Å². The Kier molecular flexibility index (Phi) is 5.74. The number of ether oxygens (including phenoxy) is 1. The molecule has 152 valence electrons. The summed E-state index contributed by atoms with van der Waals surface area (Å²) in [6.07, 6.45) is 2.01. The Morgan fingerprint density at radius 2 is 1.89 bits per heavy atom. The van der Waals surface area contributed by atoms with Gasteiger partial charge in [0.2, 0.25) is 14.9 Å². The zero-order chi connectivity index (χ0) is 20.5. The summed E-state index contributed by atoms with van der Waals surface area (Å²) in [6, 6.07) is 3.98. The van der Waals surface area contributed by atoms with Crippen LogP contribution >= 0.6 is 0 Å². The van der Waals surface area contributed by atoms with Gasteiger partial charge in [-0.3, -0.25) is 4.79 Å². The van der Waals surface area contributed by atoms with E-state index < -0.39 is 32.8 Å². The fraction of sp³-hybridized carbons (Fsp3) is 0.526. The molecule has 3 rings (SSSR count). The summed E-state index contributed by atoms with van der Waals surface area (Å²) in [6.45, 7) is 6.52. The molecule has 0 N–H and O–H groups in total. The summed E-state index contributed by atoms with van der Waals surface area (Å²) >= 11 is 0. The predicted octanol–water partition coefficient (Wildman–Crippen LogP) is 1.87. The first-order valence-corrected chi connectivity index (χ1v) is 11.0. The van der Waals surface area contributed by atoms with Crippen LogP contribution in [0, 0.1) is 6.92 Å². The molecule has 8 nitrogen and oxygen atoms in total. The third-order valence-corrected chi connectivity index (χ3v) is 6.61. The number of hydrogen-bond donors (Lipinski definition) is 0. The topological polar surface area (TPSA) is 96.3 Å². The number of carbonyl (C=O) groups is 2. The van der Waals surface area contributed by atoms with E-state index in [1.807, 2.05) is 6.92 Å². The summed E-state index contributed by atoms with van der Waals surface area (Å²) in [4.78, 5) is 26.9. The van der Waals surface area contributed by atoms with Gasteiger partial charge in [-0.1, -0.05) is 13.0 Å². The molecule has 2 heterocycles. The largest absolute Gasteiger partial charge is 0.464 e. The fourth-order valence-electron chi connectivity index (χ4n) is 3.47. The lowest BCUT2D eigenvalue weighted by Crippen LogP contribution is -2.47. The number of hydrazone groups is 1. The molecule has 0 spiro atoms. The maximum atomic E-state index is 13.1. The van der Waals surface area contributed by atoms with Crippen LogP contribution in [0.25, 0.3) is 0 Å². The molecular formula is C19H25N3O5S. The molecule has 1 unspecified atom stereocenters. The van der Waals surface area contributed by atoms with E-state index in [-0.39, 0.29) is 17.2 Å². The van der Waals surface area contributed by atoms with Crippen molar-refractivity contribution < 1.29 is 22.7 Å². The number of sulfone groups is 1. The number of nitrogens with zero attached hydrogens (tertiary/aromatic N) is 3. The zero-order valence-electron chi connectivity index (χ0n) is 16.3. The maximum absolute atomic E-state index is 13.1.